The Morgan fingerprint density at radius 3 is 2.42 bits per heavy atom. The number of carboxylic acid groups (broad SMARTS) is 1. The molecule has 12 nitrogen and oxygen atoms in total. The van der Waals surface area contributed by atoms with E-state index in [1.165, 1.54) is 12.5 Å². The van der Waals surface area contributed by atoms with Gasteiger partial charge in [0.25, 0.3) is 0 Å². The zero-order valence-corrected chi connectivity index (χ0v) is 17.6. The van der Waals surface area contributed by atoms with Crippen LogP contribution in [0.4, 0.5) is 0 Å². The number of hydrogen-bond donors (Lipinski definition) is 7. The molecule has 0 fully saturated rings. The fraction of sp³-hybridized carbons (Fsp3) is 0.286. The molecule has 0 aliphatic rings. The molecule has 9 N–H and O–H groups in total. The molecule has 2 aromatic heterocycles. The van der Waals surface area contributed by atoms with Crippen molar-refractivity contribution in [3.8, 4) is 0 Å². The average molecular weight is 455 g/mol. The van der Waals surface area contributed by atoms with Gasteiger partial charge >= 0.3 is 5.97 Å². The number of carbonyl (C=O) groups excluding carboxylic acids is 3. The Bertz CT molecular complexity index is 1140. The van der Waals surface area contributed by atoms with Crippen LogP contribution in [0.2, 0.25) is 0 Å². The number of nitrogens with one attached hydrogen (secondary N) is 4. The monoisotopic (exact) mass is 455 g/mol. The first-order chi connectivity index (χ1) is 15.7. The molecule has 1 aromatic carbocycles. The number of primary amides is 1. The summed E-state index contributed by atoms with van der Waals surface area (Å²) in [6.07, 6.45) is 4.19. The van der Waals surface area contributed by atoms with Crippen molar-refractivity contribution in [1.29, 1.82) is 0 Å². The highest BCUT2D eigenvalue weighted by molar-refractivity contribution is 5.93. The molecule has 0 bridgehead atoms. The third kappa shape index (κ3) is 6.17. The number of benzene rings is 1. The number of carboxylic acids is 1. The van der Waals surface area contributed by atoms with Gasteiger partial charge in [-0.3, -0.25) is 14.4 Å². The number of fused-ring (bicyclic) bond motifs is 1. The molecule has 0 aliphatic heterocycles. The maximum atomic E-state index is 13.0. The van der Waals surface area contributed by atoms with Crippen LogP contribution < -0.4 is 22.1 Å². The van der Waals surface area contributed by atoms with E-state index < -0.39 is 48.2 Å². The van der Waals surface area contributed by atoms with Crippen LogP contribution in [0.15, 0.2) is 43.0 Å². The van der Waals surface area contributed by atoms with Gasteiger partial charge in [0.2, 0.25) is 17.7 Å². The predicted octanol–water partition coefficient (Wildman–Crippen LogP) is -1.07. The number of aliphatic carboxylic acids is 1. The molecule has 33 heavy (non-hydrogen) atoms. The summed E-state index contributed by atoms with van der Waals surface area (Å²) in [5.74, 6) is -3.49. The maximum Gasteiger partial charge on any atom is 0.326 e. The number of aromatic amines is 2. The van der Waals surface area contributed by atoms with Gasteiger partial charge in [-0.05, 0) is 11.6 Å². The molecule has 3 amide bonds. The summed E-state index contributed by atoms with van der Waals surface area (Å²) < 4.78 is 0. The summed E-state index contributed by atoms with van der Waals surface area (Å²) in [4.78, 5) is 58.1. The zero-order chi connectivity index (χ0) is 24.0. The minimum atomic E-state index is -1.25. The van der Waals surface area contributed by atoms with Crippen LogP contribution in [-0.4, -0.2) is 61.9 Å². The molecule has 174 valence electrons. The lowest BCUT2D eigenvalue weighted by molar-refractivity contribution is -0.142. The fourth-order valence-electron chi connectivity index (χ4n) is 3.41. The van der Waals surface area contributed by atoms with E-state index in [-0.39, 0.29) is 12.8 Å². The van der Waals surface area contributed by atoms with Crippen LogP contribution >= 0.6 is 0 Å². The van der Waals surface area contributed by atoms with Crippen LogP contribution in [0.1, 0.15) is 17.7 Å². The Balaban J connectivity index is 1.75. The van der Waals surface area contributed by atoms with Crippen molar-refractivity contribution >= 4 is 34.6 Å². The van der Waals surface area contributed by atoms with Crippen molar-refractivity contribution < 1.29 is 24.3 Å². The van der Waals surface area contributed by atoms with Gasteiger partial charge in [0.15, 0.2) is 0 Å². The molecule has 3 rings (SSSR count). The second-order valence-corrected chi connectivity index (χ2v) is 7.58. The average Bonchev–Trinajstić information content (AvgIpc) is 3.42. The van der Waals surface area contributed by atoms with Gasteiger partial charge < -0.3 is 37.2 Å². The molecule has 0 spiro atoms. The van der Waals surface area contributed by atoms with Crippen molar-refractivity contribution in [2.45, 2.75) is 37.4 Å². The topological polar surface area (TPSA) is 209 Å². The largest absolute Gasteiger partial charge is 0.480 e. The number of imidazole rings is 1. The van der Waals surface area contributed by atoms with E-state index in [1.807, 2.05) is 24.3 Å². The van der Waals surface area contributed by atoms with E-state index in [0.29, 0.717) is 5.69 Å². The van der Waals surface area contributed by atoms with Crippen LogP contribution in [0.3, 0.4) is 0 Å². The lowest BCUT2D eigenvalue weighted by Crippen LogP contribution is -2.56. The minimum Gasteiger partial charge on any atom is -0.480 e. The van der Waals surface area contributed by atoms with Crippen molar-refractivity contribution in [3.63, 3.8) is 0 Å². The highest BCUT2D eigenvalue weighted by Gasteiger charge is 2.29. The summed E-state index contributed by atoms with van der Waals surface area (Å²) >= 11 is 0. The normalized spacial score (nSPS) is 13.7. The predicted molar refractivity (Wildman–Crippen MR) is 118 cm³/mol. The number of amides is 3. The van der Waals surface area contributed by atoms with Crippen molar-refractivity contribution in [1.82, 2.24) is 25.6 Å². The highest BCUT2D eigenvalue weighted by Crippen LogP contribution is 2.19. The Kier molecular flexibility index (Phi) is 7.41. The van der Waals surface area contributed by atoms with Crippen LogP contribution in [0.25, 0.3) is 10.9 Å². The van der Waals surface area contributed by atoms with E-state index in [4.69, 9.17) is 11.5 Å². The van der Waals surface area contributed by atoms with E-state index >= 15 is 0 Å². The first kappa shape index (κ1) is 23.5. The van der Waals surface area contributed by atoms with Gasteiger partial charge in [-0.1, -0.05) is 18.2 Å². The molecule has 3 aromatic rings. The van der Waals surface area contributed by atoms with Gasteiger partial charge in [-0.25, -0.2) is 9.78 Å². The first-order valence-corrected chi connectivity index (χ1v) is 10.1. The molecule has 3 unspecified atom stereocenters. The molecule has 0 saturated carbocycles. The molecule has 0 saturated heterocycles. The van der Waals surface area contributed by atoms with Gasteiger partial charge in [0.05, 0.1) is 18.8 Å². The Hall–Kier alpha value is -4.19. The smallest absolute Gasteiger partial charge is 0.326 e. The van der Waals surface area contributed by atoms with Crippen LogP contribution in [-0.2, 0) is 32.0 Å². The molecular weight excluding hydrogens is 430 g/mol. The number of nitrogens with two attached hydrogens (primary N) is 2. The quantitative estimate of drug-likeness (QED) is 0.190. The third-order valence-corrected chi connectivity index (χ3v) is 5.08. The standard InChI is InChI=1S/C21H25N7O5/c22-14(7-18(23)29)19(30)27-16(6-12-9-24-10-26-12)20(31)28-17(21(32)33)5-11-8-25-15-4-2-1-3-13(11)15/h1-4,8-10,14,16-17,25H,5-7,22H2,(H2,23,29)(H,24,26)(H,27,30)(H,28,31)(H,32,33). The Morgan fingerprint density at radius 2 is 1.76 bits per heavy atom. The van der Waals surface area contributed by atoms with E-state index in [9.17, 15) is 24.3 Å². The summed E-state index contributed by atoms with van der Waals surface area (Å²) in [5.41, 5.74) is 12.8. The van der Waals surface area contributed by atoms with Crippen molar-refractivity contribution in [2.75, 3.05) is 0 Å². The first-order valence-electron chi connectivity index (χ1n) is 10.1. The van der Waals surface area contributed by atoms with Gasteiger partial charge in [0, 0.05) is 41.8 Å². The number of para-hydroxylation sites is 1. The second-order valence-electron chi connectivity index (χ2n) is 7.58. The molecule has 2 heterocycles. The van der Waals surface area contributed by atoms with Crippen LogP contribution in [0.5, 0.6) is 0 Å². The molecule has 0 aliphatic carbocycles. The third-order valence-electron chi connectivity index (χ3n) is 5.08. The number of rotatable bonds is 11. The van der Waals surface area contributed by atoms with Gasteiger partial charge in [-0.15, -0.1) is 0 Å². The molecule has 0 radical (unpaired) electrons. The molecular formula is C21H25N7O5. The lowest BCUT2D eigenvalue weighted by atomic mass is 10.0. The van der Waals surface area contributed by atoms with Gasteiger partial charge in [0.1, 0.15) is 12.1 Å². The Labute approximate surface area is 188 Å². The number of carbonyl (C=O) groups is 4. The fourth-order valence-corrected chi connectivity index (χ4v) is 3.41. The molecule has 3 atom stereocenters. The van der Waals surface area contributed by atoms with Gasteiger partial charge in [-0.2, -0.15) is 0 Å². The SMILES string of the molecule is NC(=O)CC(N)C(=O)NC(Cc1cnc[nH]1)C(=O)NC(Cc1c[nH]c2ccccc12)C(=O)O. The van der Waals surface area contributed by atoms with E-state index in [1.54, 1.807) is 6.20 Å². The number of hydrogen-bond acceptors (Lipinski definition) is 6. The summed E-state index contributed by atoms with van der Waals surface area (Å²) in [6, 6.07) is 3.73. The van der Waals surface area contributed by atoms with Crippen molar-refractivity contribution in [3.05, 3.63) is 54.2 Å². The summed E-state index contributed by atoms with van der Waals surface area (Å²) in [6.45, 7) is 0. The summed E-state index contributed by atoms with van der Waals surface area (Å²) in [7, 11) is 0. The van der Waals surface area contributed by atoms with E-state index in [0.717, 1.165) is 16.5 Å². The van der Waals surface area contributed by atoms with E-state index in [2.05, 4.69) is 25.6 Å². The van der Waals surface area contributed by atoms with Crippen LogP contribution in [0, 0.1) is 0 Å². The number of aromatic nitrogens is 3. The number of nitrogens with zero attached hydrogens (tertiary/aromatic N) is 1. The van der Waals surface area contributed by atoms with Crippen molar-refractivity contribution in [2.24, 2.45) is 11.5 Å². The number of H-pyrrole nitrogens is 2. The highest BCUT2D eigenvalue weighted by atomic mass is 16.4. The molecule has 12 heteroatoms. The maximum absolute atomic E-state index is 13.0. The zero-order valence-electron chi connectivity index (χ0n) is 17.6. The lowest BCUT2D eigenvalue weighted by Gasteiger charge is -2.22. The minimum absolute atomic E-state index is 0.000287. The summed E-state index contributed by atoms with van der Waals surface area (Å²) in [5, 5.41) is 15.5. The Morgan fingerprint density at radius 1 is 1.03 bits per heavy atom. The second kappa shape index (κ2) is 10.4.